The molecular weight excluding hydrogens is 635 g/mol. The second-order valence-electron chi connectivity index (χ2n) is 13.8. The van der Waals surface area contributed by atoms with Crippen LogP contribution >= 0.6 is 0 Å². The maximum Gasteiger partial charge on any atom is 0.410 e. The summed E-state index contributed by atoms with van der Waals surface area (Å²) in [5.74, 6) is 0.956. The zero-order valence-electron chi connectivity index (χ0n) is 28.5. The summed E-state index contributed by atoms with van der Waals surface area (Å²) >= 11 is 0. The number of H-pyrrole nitrogens is 2. The van der Waals surface area contributed by atoms with Crippen molar-refractivity contribution in [1.82, 2.24) is 29.7 Å². The number of halogens is 1. The zero-order valence-corrected chi connectivity index (χ0v) is 28.5. The van der Waals surface area contributed by atoms with Crippen LogP contribution in [0, 0.1) is 5.82 Å². The number of nitrogens with one attached hydrogen (secondary N) is 2. The van der Waals surface area contributed by atoms with E-state index in [-0.39, 0.29) is 36.7 Å². The third-order valence-electron chi connectivity index (χ3n) is 9.17. The van der Waals surface area contributed by atoms with Gasteiger partial charge in [0.15, 0.2) is 0 Å². The van der Waals surface area contributed by atoms with Gasteiger partial charge in [0.2, 0.25) is 0 Å². The molecule has 0 saturated carbocycles. The van der Waals surface area contributed by atoms with Crippen LogP contribution in [-0.4, -0.2) is 60.6 Å². The summed E-state index contributed by atoms with van der Waals surface area (Å²) < 4.78 is 26.7. The molecule has 0 spiro atoms. The first-order chi connectivity index (χ1) is 24.1. The van der Waals surface area contributed by atoms with E-state index in [2.05, 4.69) is 19.9 Å². The van der Waals surface area contributed by atoms with Crippen molar-refractivity contribution in [2.24, 2.45) is 0 Å². The smallest absolute Gasteiger partial charge is 0.410 e. The molecule has 0 unspecified atom stereocenters. The largest absolute Gasteiger partial charge is 0.445 e. The summed E-state index contributed by atoms with van der Waals surface area (Å²) in [5.41, 5.74) is 4.58. The SMILES string of the molecule is CC(C)(C)OC(=O)N1CCC[C@H]1c1nc(-c2ccc(-c3ccc(-c4cnc([C@@H]5CCCN5C(=O)OCc5ccccc5)[nH]4)cc3)cc2F)c[nH]1. The highest BCUT2D eigenvalue weighted by Crippen LogP contribution is 2.35. The van der Waals surface area contributed by atoms with Crippen LogP contribution in [0.5, 0.6) is 0 Å². The molecule has 2 aromatic heterocycles. The number of hydrogen-bond acceptors (Lipinski definition) is 6. The van der Waals surface area contributed by atoms with Crippen molar-refractivity contribution in [2.45, 2.75) is 70.7 Å². The van der Waals surface area contributed by atoms with E-state index >= 15 is 4.39 Å². The Kier molecular flexibility index (Phi) is 9.14. The van der Waals surface area contributed by atoms with Crippen LogP contribution in [0.15, 0.2) is 85.2 Å². The van der Waals surface area contributed by atoms with Gasteiger partial charge in [0.05, 0.1) is 29.7 Å². The standard InChI is InChI=1S/C39H41FN6O4/c1-39(2,3)50-38(48)46-20-8-12-34(46)36-42-23-32(44-36)29-18-17-28(21-30(29)40)26-13-15-27(16-14-26)31-22-41-35(43-31)33-11-7-19-45(33)37(47)49-24-25-9-5-4-6-10-25/h4-6,9-10,13-18,21-23,33-34H,7-8,11-12,19-20,24H2,1-3H3,(H,41,43)(H,42,44)/t33-,34-/m0/s1. The Hall–Kier alpha value is -5.45. The van der Waals surface area contributed by atoms with Crippen molar-refractivity contribution in [1.29, 1.82) is 0 Å². The van der Waals surface area contributed by atoms with Crippen molar-refractivity contribution in [3.63, 3.8) is 0 Å². The number of benzene rings is 3. The number of aromatic nitrogens is 4. The van der Waals surface area contributed by atoms with E-state index in [1.165, 1.54) is 6.07 Å². The fourth-order valence-electron chi connectivity index (χ4n) is 6.70. The molecule has 2 amide bonds. The summed E-state index contributed by atoms with van der Waals surface area (Å²) in [6, 6.07) is 22.2. The van der Waals surface area contributed by atoms with Gasteiger partial charge in [0, 0.05) is 24.8 Å². The minimum atomic E-state index is -0.592. The number of aromatic amines is 2. The fourth-order valence-corrected chi connectivity index (χ4v) is 6.70. The van der Waals surface area contributed by atoms with Gasteiger partial charge in [-0.1, -0.05) is 60.7 Å². The molecule has 5 aromatic rings. The molecule has 2 fully saturated rings. The third kappa shape index (κ3) is 7.12. The average Bonchev–Trinajstić information content (AvgIpc) is 3.93. The molecule has 7 rings (SSSR count). The number of carbonyl (C=O) groups is 2. The number of amides is 2. The average molecular weight is 677 g/mol. The molecule has 11 heteroatoms. The molecule has 2 atom stereocenters. The second kappa shape index (κ2) is 13.8. The van der Waals surface area contributed by atoms with E-state index in [0.717, 1.165) is 59.5 Å². The predicted octanol–water partition coefficient (Wildman–Crippen LogP) is 8.82. The van der Waals surface area contributed by atoms with E-state index in [1.54, 1.807) is 28.3 Å². The molecule has 50 heavy (non-hydrogen) atoms. The van der Waals surface area contributed by atoms with Gasteiger partial charge in [0.25, 0.3) is 0 Å². The van der Waals surface area contributed by atoms with E-state index in [0.29, 0.717) is 30.2 Å². The van der Waals surface area contributed by atoms with Crippen LogP contribution in [0.25, 0.3) is 33.6 Å². The molecule has 258 valence electrons. The van der Waals surface area contributed by atoms with Gasteiger partial charge in [-0.2, -0.15) is 0 Å². The zero-order chi connectivity index (χ0) is 34.8. The highest BCUT2D eigenvalue weighted by atomic mass is 19.1. The van der Waals surface area contributed by atoms with Gasteiger partial charge >= 0.3 is 12.2 Å². The van der Waals surface area contributed by atoms with Crippen LogP contribution in [-0.2, 0) is 16.1 Å². The van der Waals surface area contributed by atoms with Gasteiger partial charge in [0.1, 0.15) is 29.7 Å². The molecule has 10 nitrogen and oxygen atoms in total. The molecule has 4 heterocycles. The van der Waals surface area contributed by atoms with Gasteiger partial charge in [-0.15, -0.1) is 0 Å². The minimum Gasteiger partial charge on any atom is -0.445 e. The number of carbonyl (C=O) groups excluding carboxylic acids is 2. The molecular formula is C39H41FN6O4. The Morgan fingerprint density at radius 3 is 2.22 bits per heavy atom. The highest BCUT2D eigenvalue weighted by molar-refractivity contribution is 5.73. The topological polar surface area (TPSA) is 116 Å². The van der Waals surface area contributed by atoms with Crippen LogP contribution in [0.2, 0.25) is 0 Å². The van der Waals surface area contributed by atoms with Gasteiger partial charge in [-0.25, -0.2) is 23.9 Å². The third-order valence-corrected chi connectivity index (χ3v) is 9.17. The van der Waals surface area contributed by atoms with Crippen LogP contribution in [0.3, 0.4) is 0 Å². The van der Waals surface area contributed by atoms with Crippen molar-refractivity contribution >= 4 is 12.2 Å². The van der Waals surface area contributed by atoms with Gasteiger partial charge in [-0.3, -0.25) is 9.80 Å². The number of nitrogens with zero attached hydrogens (tertiary/aromatic N) is 4. The lowest BCUT2D eigenvalue weighted by Gasteiger charge is -2.27. The Morgan fingerprint density at radius 2 is 1.52 bits per heavy atom. The number of rotatable bonds is 7. The summed E-state index contributed by atoms with van der Waals surface area (Å²) in [6.45, 7) is 6.97. The first kappa shape index (κ1) is 33.1. The van der Waals surface area contributed by atoms with E-state index in [9.17, 15) is 9.59 Å². The first-order valence-electron chi connectivity index (χ1n) is 17.1. The molecule has 0 radical (unpaired) electrons. The molecule has 2 aliphatic heterocycles. The number of hydrogen-bond donors (Lipinski definition) is 2. The van der Waals surface area contributed by atoms with E-state index < -0.39 is 5.60 Å². The van der Waals surface area contributed by atoms with Crippen molar-refractivity contribution in [2.75, 3.05) is 13.1 Å². The maximum atomic E-state index is 15.5. The lowest BCUT2D eigenvalue weighted by Crippen LogP contribution is -2.36. The van der Waals surface area contributed by atoms with E-state index in [1.807, 2.05) is 81.4 Å². The molecule has 3 aromatic carbocycles. The number of imidazole rings is 2. The lowest BCUT2D eigenvalue weighted by atomic mass is 10.0. The van der Waals surface area contributed by atoms with Crippen molar-refractivity contribution in [3.8, 4) is 33.6 Å². The maximum absolute atomic E-state index is 15.5. The van der Waals surface area contributed by atoms with Crippen LogP contribution in [0.4, 0.5) is 14.0 Å². The number of ether oxygens (including phenoxy) is 2. The number of likely N-dealkylation sites (tertiary alicyclic amines) is 2. The van der Waals surface area contributed by atoms with Crippen LogP contribution in [0.1, 0.15) is 75.8 Å². The molecule has 2 aliphatic rings. The van der Waals surface area contributed by atoms with Crippen molar-refractivity contribution < 1.29 is 23.5 Å². The Bertz CT molecular complexity index is 1970. The molecule has 2 N–H and O–H groups in total. The Balaban J connectivity index is 1.00. The monoisotopic (exact) mass is 676 g/mol. The highest BCUT2D eigenvalue weighted by Gasteiger charge is 2.35. The van der Waals surface area contributed by atoms with E-state index in [4.69, 9.17) is 9.47 Å². The predicted molar refractivity (Wildman–Crippen MR) is 187 cm³/mol. The summed E-state index contributed by atoms with van der Waals surface area (Å²) in [5, 5.41) is 0. The Labute approximate surface area is 290 Å². The lowest BCUT2D eigenvalue weighted by molar-refractivity contribution is 0.0218. The Morgan fingerprint density at radius 1 is 0.860 bits per heavy atom. The molecule has 0 aliphatic carbocycles. The van der Waals surface area contributed by atoms with Crippen LogP contribution < -0.4 is 0 Å². The molecule has 2 saturated heterocycles. The summed E-state index contributed by atoms with van der Waals surface area (Å²) in [7, 11) is 0. The summed E-state index contributed by atoms with van der Waals surface area (Å²) in [6.07, 6.45) is 6.03. The molecule has 0 bridgehead atoms. The normalized spacial score (nSPS) is 17.7. The first-order valence-corrected chi connectivity index (χ1v) is 17.1. The fraction of sp³-hybridized carbons (Fsp3) is 0.333. The minimum absolute atomic E-state index is 0.180. The quantitative estimate of drug-likeness (QED) is 0.178. The summed E-state index contributed by atoms with van der Waals surface area (Å²) in [4.78, 5) is 45.0. The van der Waals surface area contributed by atoms with Gasteiger partial charge < -0.3 is 19.4 Å². The van der Waals surface area contributed by atoms with Gasteiger partial charge in [-0.05, 0) is 80.8 Å². The second-order valence-corrected chi connectivity index (χ2v) is 13.8. The van der Waals surface area contributed by atoms with Crippen molar-refractivity contribution in [3.05, 3.63) is 108 Å².